The zero-order valence-electron chi connectivity index (χ0n) is 10.5. The van der Waals surface area contributed by atoms with E-state index in [1.165, 1.54) is 5.56 Å². The highest BCUT2D eigenvalue weighted by molar-refractivity contribution is 5.69. The molecule has 17 heavy (non-hydrogen) atoms. The highest BCUT2D eigenvalue weighted by atomic mass is 16.5. The van der Waals surface area contributed by atoms with Crippen molar-refractivity contribution < 1.29 is 14.6 Å². The molecular formula is C14H20O3. The average molecular weight is 236 g/mol. The highest BCUT2D eigenvalue weighted by Crippen LogP contribution is 2.13. The number of carbonyl (C=O) groups is 1. The van der Waals surface area contributed by atoms with Gasteiger partial charge in [-0.1, -0.05) is 24.6 Å². The van der Waals surface area contributed by atoms with Gasteiger partial charge in [-0.2, -0.15) is 0 Å². The second-order valence-corrected chi connectivity index (χ2v) is 4.40. The van der Waals surface area contributed by atoms with Gasteiger partial charge in [0.05, 0.1) is 12.5 Å². The summed E-state index contributed by atoms with van der Waals surface area (Å²) in [5.41, 5.74) is 1.22. The smallest absolute Gasteiger partial charge is 0.306 e. The first kappa shape index (κ1) is 13.6. The quantitative estimate of drug-likeness (QED) is 0.739. The van der Waals surface area contributed by atoms with Crippen molar-refractivity contribution >= 4 is 5.97 Å². The number of aryl methyl sites for hydroxylation is 1. The van der Waals surface area contributed by atoms with Crippen molar-refractivity contribution in [1.82, 2.24) is 0 Å². The number of carboxylic acids is 1. The molecule has 1 aromatic rings. The summed E-state index contributed by atoms with van der Waals surface area (Å²) in [6.07, 6.45) is 2.50. The van der Waals surface area contributed by atoms with E-state index in [-0.39, 0.29) is 5.92 Å². The number of ether oxygens (including phenoxy) is 1. The molecule has 1 atom stereocenters. The molecule has 0 fully saturated rings. The van der Waals surface area contributed by atoms with E-state index in [1.54, 1.807) is 6.92 Å². The Morgan fingerprint density at radius 2 is 1.94 bits per heavy atom. The van der Waals surface area contributed by atoms with Crippen LogP contribution in [0.5, 0.6) is 5.75 Å². The van der Waals surface area contributed by atoms with Crippen LogP contribution in [0.3, 0.4) is 0 Å². The monoisotopic (exact) mass is 236 g/mol. The van der Waals surface area contributed by atoms with Gasteiger partial charge in [-0.3, -0.25) is 4.79 Å². The average Bonchev–Trinajstić information content (AvgIpc) is 2.30. The van der Waals surface area contributed by atoms with E-state index < -0.39 is 5.97 Å². The molecule has 0 saturated heterocycles. The van der Waals surface area contributed by atoms with Crippen LogP contribution in [0.15, 0.2) is 24.3 Å². The van der Waals surface area contributed by atoms with E-state index in [9.17, 15) is 4.79 Å². The molecule has 0 aromatic heterocycles. The van der Waals surface area contributed by atoms with Gasteiger partial charge in [0.25, 0.3) is 0 Å². The van der Waals surface area contributed by atoms with E-state index in [0.717, 1.165) is 18.6 Å². The fourth-order valence-corrected chi connectivity index (χ4v) is 1.50. The summed E-state index contributed by atoms with van der Waals surface area (Å²) in [7, 11) is 0. The first-order valence-electron chi connectivity index (χ1n) is 6.02. The van der Waals surface area contributed by atoms with E-state index in [2.05, 4.69) is 0 Å². The predicted molar refractivity (Wildman–Crippen MR) is 67.3 cm³/mol. The van der Waals surface area contributed by atoms with Crippen LogP contribution in [-0.4, -0.2) is 17.7 Å². The van der Waals surface area contributed by atoms with Crippen molar-refractivity contribution in [2.24, 2.45) is 5.92 Å². The minimum atomic E-state index is -0.718. The van der Waals surface area contributed by atoms with Gasteiger partial charge in [0.2, 0.25) is 0 Å². The van der Waals surface area contributed by atoms with Crippen molar-refractivity contribution in [1.29, 1.82) is 0 Å². The maximum absolute atomic E-state index is 10.6. The number of rotatable bonds is 7. The maximum atomic E-state index is 10.6. The van der Waals surface area contributed by atoms with Gasteiger partial charge in [0.15, 0.2) is 0 Å². The van der Waals surface area contributed by atoms with Crippen LogP contribution < -0.4 is 4.74 Å². The number of hydrogen-bond acceptors (Lipinski definition) is 2. The largest absolute Gasteiger partial charge is 0.494 e. The van der Waals surface area contributed by atoms with Crippen molar-refractivity contribution in [3.05, 3.63) is 29.8 Å². The molecule has 0 bridgehead atoms. The Labute approximate surface area is 102 Å². The third kappa shape index (κ3) is 5.38. The van der Waals surface area contributed by atoms with Gasteiger partial charge in [-0.15, -0.1) is 0 Å². The van der Waals surface area contributed by atoms with Crippen LogP contribution in [0.1, 0.15) is 31.7 Å². The summed E-state index contributed by atoms with van der Waals surface area (Å²) in [4.78, 5) is 10.6. The van der Waals surface area contributed by atoms with E-state index in [0.29, 0.717) is 13.0 Å². The minimum Gasteiger partial charge on any atom is -0.494 e. The second-order valence-electron chi connectivity index (χ2n) is 4.40. The zero-order valence-corrected chi connectivity index (χ0v) is 10.5. The molecule has 0 heterocycles. The molecule has 1 rings (SSSR count). The van der Waals surface area contributed by atoms with Crippen molar-refractivity contribution in [3.8, 4) is 5.75 Å². The number of hydrogen-bond donors (Lipinski definition) is 1. The first-order valence-corrected chi connectivity index (χ1v) is 6.02. The summed E-state index contributed by atoms with van der Waals surface area (Å²) in [6, 6.07) is 7.94. The molecular weight excluding hydrogens is 216 g/mol. The lowest BCUT2D eigenvalue weighted by molar-refractivity contribution is -0.141. The second kappa shape index (κ2) is 6.94. The Morgan fingerprint density at radius 3 is 2.53 bits per heavy atom. The summed E-state index contributed by atoms with van der Waals surface area (Å²) in [5, 5.41) is 8.71. The molecule has 0 radical (unpaired) electrons. The molecule has 3 nitrogen and oxygen atoms in total. The summed E-state index contributed by atoms with van der Waals surface area (Å²) in [6.45, 7) is 4.43. The molecule has 0 amide bonds. The van der Waals surface area contributed by atoms with Crippen molar-refractivity contribution in [3.63, 3.8) is 0 Å². The van der Waals surface area contributed by atoms with Crippen LogP contribution >= 0.6 is 0 Å². The normalized spacial score (nSPS) is 12.1. The fraction of sp³-hybridized carbons (Fsp3) is 0.500. The van der Waals surface area contributed by atoms with Crippen LogP contribution in [0.25, 0.3) is 0 Å². The standard InChI is InChI=1S/C14H20O3/c1-11-6-8-13(9-7-11)17-10-4-3-5-12(2)14(15)16/h6-9,12H,3-5,10H2,1-2H3,(H,15,16). The molecule has 0 aliphatic carbocycles. The Hall–Kier alpha value is -1.51. The first-order chi connectivity index (χ1) is 8.09. The molecule has 1 N–H and O–H groups in total. The minimum absolute atomic E-state index is 0.255. The lowest BCUT2D eigenvalue weighted by atomic mass is 10.1. The summed E-state index contributed by atoms with van der Waals surface area (Å²) in [5.74, 6) is -0.0966. The van der Waals surface area contributed by atoms with Gasteiger partial charge >= 0.3 is 5.97 Å². The van der Waals surface area contributed by atoms with Gasteiger partial charge in [-0.25, -0.2) is 0 Å². The Balaban J connectivity index is 2.12. The van der Waals surface area contributed by atoms with E-state index in [4.69, 9.17) is 9.84 Å². The van der Waals surface area contributed by atoms with Gasteiger partial charge < -0.3 is 9.84 Å². The molecule has 0 spiro atoms. The van der Waals surface area contributed by atoms with Gasteiger partial charge in [-0.05, 0) is 38.3 Å². The maximum Gasteiger partial charge on any atom is 0.306 e. The number of aliphatic carboxylic acids is 1. The summed E-state index contributed by atoms with van der Waals surface area (Å²) >= 11 is 0. The van der Waals surface area contributed by atoms with E-state index >= 15 is 0 Å². The van der Waals surface area contributed by atoms with Crippen LogP contribution in [0, 0.1) is 12.8 Å². The lowest BCUT2D eigenvalue weighted by Crippen LogP contribution is -2.09. The topological polar surface area (TPSA) is 46.5 Å². The summed E-state index contributed by atoms with van der Waals surface area (Å²) < 4.78 is 5.56. The molecule has 0 saturated carbocycles. The molecule has 0 aliphatic heterocycles. The third-order valence-electron chi connectivity index (χ3n) is 2.74. The Bertz CT molecular complexity index is 343. The van der Waals surface area contributed by atoms with Crippen molar-refractivity contribution in [2.45, 2.75) is 33.1 Å². The van der Waals surface area contributed by atoms with Crippen LogP contribution in [0.4, 0.5) is 0 Å². The Morgan fingerprint density at radius 1 is 1.29 bits per heavy atom. The number of benzene rings is 1. The third-order valence-corrected chi connectivity index (χ3v) is 2.74. The molecule has 1 unspecified atom stereocenters. The lowest BCUT2D eigenvalue weighted by Gasteiger charge is -2.07. The van der Waals surface area contributed by atoms with Gasteiger partial charge in [0, 0.05) is 0 Å². The fourth-order valence-electron chi connectivity index (χ4n) is 1.50. The molecule has 3 heteroatoms. The Kier molecular flexibility index (Phi) is 5.53. The van der Waals surface area contributed by atoms with E-state index in [1.807, 2.05) is 31.2 Å². The van der Waals surface area contributed by atoms with Crippen molar-refractivity contribution in [2.75, 3.05) is 6.61 Å². The molecule has 0 aliphatic rings. The van der Waals surface area contributed by atoms with Crippen LogP contribution in [0.2, 0.25) is 0 Å². The zero-order chi connectivity index (χ0) is 12.7. The van der Waals surface area contributed by atoms with Gasteiger partial charge in [0.1, 0.15) is 5.75 Å². The number of carboxylic acid groups (broad SMARTS) is 1. The highest BCUT2D eigenvalue weighted by Gasteiger charge is 2.09. The molecule has 1 aromatic carbocycles. The van der Waals surface area contributed by atoms with Crippen LogP contribution in [-0.2, 0) is 4.79 Å². The molecule has 94 valence electrons. The number of unbranched alkanes of at least 4 members (excludes halogenated alkanes) is 1. The predicted octanol–water partition coefficient (Wildman–Crippen LogP) is 3.26. The SMILES string of the molecule is Cc1ccc(OCCCCC(C)C(=O)O)cc1.